The summed E-state index contributed by atoms with van der Waals surface area (Å²) >= 11 is 0. The first-order chi connectivity index (χ1) is 23.8. The largest absolute Gasteiger partial charge is 0.0616 e. The minimum absolute atomic E-state index is 1.23. The molecule has 0 spiro atoms. The molecule has 0 unspecified atom stereocenters. The Kier molecular flexibility index (Phi) is 5.98. The van der Waals surface area contributed by atoms with E-state index < -0.39 is 0 Å². The molecule has 0 aliphatic rings. The average molecular weight is 607 g/mol. The minimum Gasteiger partial charge on any atom is -0.0616 e. The molecule has 0 heterocycles. The maximum Gasteiger partial charge on any atom is -0.00201 e. The van der Waals surface area contributed by atoms with Crippen molar-refractivity contribution in [1.82, 2.24) is 0 Å². The molecule has 0 atom stereocenters. The Morgan fingerprint density at radius 1 is 0.208 bits per heavy atom. The summed E-state index contributed by atoms with van der Waals surface area (Å²) in [6.07, 6.45) is 0. The molecule has 0 nitrogen and oxygen atoms in total. The van der Waals surface area contributed by atoms with Crippen LogP contribution in [0.5, 0.6) is 0 Å². The van der Waals surface area contributed by atoms with Gasteiger partial charge in [0.25, 0.3) is 0 Å². The third-order valence-electron chi connectivity index (χ3n) is 10.2. The van der Waals surface area contributed by atoms with E-state index in [0.29, 0.717) is 0 Å². The summed E-state index contributed by atoms with van der Waals surface area (Å²) in [4.78, 5) is 0. The van der Waals surface area contributed by atoms with Gasteiger partial charge in [-0.2, -0.15) is 0 Å². The SMILES string of the molecule is c1ccc2cc3c(ccc4c(-c5ccc(-c6c7ccccc7c(-c7cccc8ccccc78)c7ccccc67)cc5)cccc43)cc2c1. The standard InChI is InChI=1S/C48H30/c1-2-13-35-30-46-36(29-34(35)12-1)27-28-40-37(20-10-21-39(40)46)32-23-25-33(26-24-32)47-42-16-5-7-18-44(42)48(45-19-8-6-17-43(45)47)41-22-9-14-31-11-3-4-15-38(31)41/h1-30H. The van der Waals surface area contributed by atoms with Gasteiger partial charge in [-0.3, -0.25) is 0 Å². The van der Waals surface area contributed by atoms with E-state index in [1.54, 1.807) is 0 Å². The number of hydrogen-bond acceptors (Lipinski definition) is 0. The van der Waals surface area contributed by atoms with Crippen molar-refractivity contribution in [3.8, 4) is 33.4 Å². The molecule has 0 saturated heterocycles. The zero-order chi connectivity index (χ0) is 31.6. The predicted octanol–water partition coefficient (Wildman–Crippen LogP) is 13.6. The molecular weight excluding hydrogens is 577 g/mol. The summed E-state index contributed by atoms with van der Waals surface area (Å²) in [6.45, 7) is 0. The van der Waals surface area contributed by atoms with Crippen LogP contribution in [0, 0.1) is 0 Å². The van der Waals surface area contributed by atoms with E-state index in [2.05, 4.69) is 182 Å². The molecule has 0 N–H and O–H groups in total. The monoisotopic (exact) mass is 606 g/mol. The highest BCUT2D eigenvalue weighted by Gasteiger charge is 2.18. The molecule has 0 aromatic heterocycles. The second-order valence-corrected chi connectivity index (χ2v) is 12.8. The topological polar surface area (TPSA) is 0 Å². The van der Waals surface area contributed by atoms with Crippen molar-refractivity contribution in [3.05, 3.63) is 182 Å². The zero-order valence-electron chi connectivity index (χ0n) is 26.3. The lowest BCUT2D eigenvalue weighted by molar-refractivity contribution is 1.64. The van der Waals surface area contributed by atoms with E-state index in [1.807, 2.05) is 0 Å². The van der Waals surface area contributed by atoms with E-state index in [4.69, 9.17) is 0 Å². The van der Waals surface area contributed by atoms with Gasteiger partial charge < -0.3 is 0 Å². The number of hydrogen-bond donors (Lipinski definition) is 0. The van der Waals surface area contributed by atoms with Crippen LogP contribution in [0.1, 0.15) is 0 Å². The summed E-state index contributed by atoms with van der Waals surface area (Å²) in [5.74, 6) is 0. The molecule has 0 aliphatic carbocycles. The summed E-state index contributed by atoms with van der Waals surface area (Å²) in [5.41, 5.74) is 7.58. The first kappa shape index (κ1) is 26.9. The van der Waals surface area contributed by atoms with Gasteiger partial charge in [-0.15, -0.1) is 0 Å². The first-order valence-electron chi connectivity index (χ1n) is 16.7. The van der Waals surface area contributed by atoms with Gasteiger partial charge >= 0.3 is 0 Å². The van der Waals surface area contributed by atoms with Crippen LogP contribution < -0.4 is 0 Å². The van der Waals surface area contributed by atoms with Gasteiger partial charge in [0.2, 0.25) is 0 Å². The van der Waals surface area contributed by atoms with Crippen LogP contribution in [0.3, 0.4) is 0 Å². The van der Waals surface area contributed by atoms with Crippen LogP contribution in [0.2, 0.25) is 0 Å². The maximum absolute atomic E-state index is 2.35. The van der Waals surface area contributed by atoms with Gasteiger partial charge in [0.05, 0.1) is 0 Å². The summed E-state index contributed by atoms with van der Waals surface area (Å²) < 4.78 is 0. The minimum atomic E-state index is 1.23. The average Bonchev–Trinajstić information content (AvgIpc) is 3.16. The predicted molar refractivity (Wildman–Crippen MR) is 208 cm³/mol. The molecular formula is C48H30. The van der Waals surface area contributed by atoms with E-state index in [-0.39, 0.29) is 0 Å². The third kappa shape index (κ3) is 4.10. The lowest BCUT2D eigenvalue weighted by Crippen LogP contribution is -1.91. The smallest absolute Gasteiger partial charge is 0.00201 e. The quantitative estimate of drug-likeness (QED) is 0.139. The van der Waals surface area contributed by atoms with Gasteiger partial charge in [0.15, 0.2) is 0 Å². The van der Waals surface area contributed by atoms with E-state index in [0.717, 1.165) is 0 Å². The van der Waals surface area contributed by atoms with Crippen LogP contribution in [-0.2, 0) is 0 Å². The second-order valence-electron chi connectivity index (χ2n) is 12.8. The normalized spacial score (nSPS) is 11.8. The molecule has 0 saturated carbocycles. The van der Waals surface area contributed by atoms with Crippen molar-refractivity contribution in [2.24, 2.45) is 0 Å². The number of rotatable bonds is 3. The van der Waals surface area contributed by atoms with E-state index >= 15 is 0 Å². The van der Waals surface area contributed by atoms with E-state index in [9.17, 15) is 0 Å². The van der Waals surface area contributed by atoms with Crippen LogP contribution in [0.4, 0.5) is 0 Å². The maximum atomic E-state index is 2.35. The highest BCUT2D eigenvalue weighted by atomic mass is 14.2. The Labute approximate surface area is 279 Å². The Bertz CT molecular complexity index is 2810. The number of fused-ring (bicyclic) bond motifs is 7. The first-order valence-corrected chi connectivity index (χ1v) is 16.7. The van der Waals surface area contributed by atoms with Crippen molar-refractivity contribution in [3.63, 3.8) is 0 Å². The van der Waals surface area contributed by atoms with Gasteiger partial charge in [0.1, 0.15) is 0 Å². The Morgan fingerprint density at radius 3 is 1.42 bits per heavy atom. The molecule has 0 aliphatic heterocycles. The fraction of sp³-hybridized carbons (Fsp3) is 0. The molecule has 222 valence electrons. The van der Waals surface area contributed by atoms with Gasteiger partial charge in [-0.25, -0.2) is 0 Å². The lowest BCUT2D eigenvalue weighted by Gasteiger charge is -2.19. The second kappa shape index (κ2) is 10.7. The fourth-order valence-corrected chi connectivity index (χ4v) is 8.02. The summed E-state index contributed by atoms with van der Waals surface area (Å²) in [7, 11) is 0. The Balaban J connectivity index is 1.16. The molecule has 0 heteroatoms. The van der Waals surface area contributed by atoms with Crippen LogP contribution in [0.15, 0.2) is 182 Å². The summed E-state index contributed by atoms with van der Waals surface area (Å²) in [6, 6.07) is 67.1. The van der Waals surface area contributed by atoms with Crippen molar-refractivity contribution in [2.75, 3.05) is 0 Å². The van der Waals surface area contributed by atoms with Gasteiger partial charge in [-0.1, -0.05) is 170 Å². The highest BCUT2D eigenvalue weighted by molar-refractivity contribution is 6.23. The van der Waals surface area contributed by atoms with Crippen LogP contribution in [0.25, 0.3) is 98.0 Å². The van der Waals surface area contributed by atoms with Gasteiger partial charge in [-0.05, 0) is 110 Å². The van der Waals surface area contributed by atoms with Crippen molar-refractivity contribution in [2.45, 2.75) is 0 Å². The molecule has 0 fully saturated rings. The Hall–Kier alpha value is -6.24. The zero-order valence-corrected chi connectivity index (χ0v) is 26.3. The van der Waals surface area contributed by atoms with Crippen molar-refractivity contribution in [1.29, 1.82) is 0 Å². The summed E-state index contributed by atoms with van der Waals surface area (Å²) in [5, 5.41) is 15.4. The molecule has 0 amide bonds. The molecule has 0 radical (unpaired) electrons. The fourth-order valence-electron chi connectivity index (χ4n) is 8.02. The van der Waals surface area contributed by atoms with Gasteiger partial charge in [0, 0.05) is 0 Å². The molecule has 10 aromatic carbocycles. The molecule has 0 bridgehead atoms. The molecule has 10 rings (SSSR count). The Morgan fingerprint density at radius 2 is 0.708 bits per heavy atom. The van der Waals surface area contributed by atoms with Crippen LogP contribution in [-0.4, -0.2) is 0 Å². The third-order valence-corrected chi connectivity index (χ3v) is 10.2. The molecule has 10 aromatic rings. The van der Waals surface area contributed by atoms with Crippen molar-refractivity contribution < 1.29 is 0 Å². The lowest BCUT2D eigenvalue weighted by atomic mass is 9.84. The van der Waals surface area contributed by atoms with E-state index in [1.165, 1.54) is 98.0 Å². The van der Waals surface area contributed by atoms with Crippen LogP contribution >= 0.6 is 0 Å². The highest BCUT2D eigenvalue weighted by Crippen LogP contribution is 2.45. The molecule has 48 heavy (non-hydrogen) atoms. The number of benzene rings is 10. The van der Waals surface area contributed by atoms with Crippen molar-refractivity contribution >= 4 is 64.6 Å².